The van der Waals surface area contributed by atoms with Crippen LogP contribution in [0, 0.1) is 17.0 Å². The predicted octanol–water partition coefficient (Wildman–Crippen LogP) is 1.18. The number of hydrogen-bond acceptors (Lipinski definition) is 5. The minimum Gasteiger partial charge on any atom is -0.476 e. The first-order chi connectivity index (χ1) is 8.49. The van der Waals surface area contributed by atoms with Crippen LogP contribution in [0.4, 0.5) is 5.69 Å². The standard InChI is InChI=1S/C10H8N4O4/c1-6-5-11-9(4-8(6)14(17)18)13-3-2-7(12-13)10(15)16/h2-5H,1H3,(H,15,16). The molecule has 2 rings (SSSR count). The minimum atomic E-state index is -1.17. The molecule has 0 amide bonds. The third-order valence-corrected chi connectivity index (χ3v) is 2.30. The number of hydrogen-bond donors (Lipinski definition) is 1. The van der Waals surface area contributed by atoms with E-state index in [0.717, 1.165) is 0 Å². The van der Waals surface area contributed by atoms with E-state index in [1.807, 2.05) is 0 Å². The molecule has 0 unspecified atom stereocenters. The molecule has 0 aliphatic rings. The first-order valence-corrected chi connectivity index (χ1v) is 4.89. The summed E-state index contributed by atoms with van der Waals surface area (Å²) >= 11 is 0. The Morgan fingerprint density at radius 1 is 1.56 bits per heavy atom. The maximum absolute atomic E-state index is 10.8. The van der Waals surface area contributed by atoms with Gasteiger partial charge in [-0.2, -0.15) is 5.10 Å². The van der Waals surface area contributed by atoms with Crippen LogP contribution >= 0.6 is 0 Å². The molecule has 1 N–H and O–H groups in total. The van der Waals surface area contributed by atoms with Gasteiger partial charge in [-0.1, -0.05) is 0 Å². The van der Waals surface area contributed by atoms with Gasteiger partial charge >= 0.3 is 5.97 Å². The van der Waals surface area contributed by atoms with Crippen LogP contribution in [0.2, 0.25) is 0 Å². The Morgan fingerprint density at radius 3 is 2.83 bits per heavy atom. The Kier molecular flexibility index (Phi) is 2.76. The number of aryl methyl sites for hydroxylation is 1. The first kappa shape index (κ1) is 11.7. The number of nitro groups is 1. The largest absolute Gasteiger partial charge is 0.476 e. The van der Waals surface area contributed by atoms with Gasteiger partial charge in [-0.3, -0.25) is 10.1 Å². The second-order valence-electron chi connectivity index (χ2n) is 3.54. The molecule has 0 spiro atoms. The zero-order valence-electron chi connectivity index (χ0n) is 9.27. The zero-order chi connectivity index (χ0) is 13.3. The molecule has 92 valence electrons. The summed E-state index contributed by atoms with van der Waals surface area (Å²) in [7, 11) is 0. The fourth-order valence-electron chi connectivity index (χ4n) is 1.39. The summed E-state index contributed by atoms with van der Waals surface area (Å²) in [5.74, 6) is -0.977. The van der Waals surface area contributed by atoms with E-state index in [9.17, 15) is 14.9 Å². The van der Waals surface area contributed by atoms with Crippen molar-refractivity contribution in [1.82, 2.24) is 14.8 Å². The van der Waals surface area contributed by atoms with Crippen LogP contribution in [0.5, 0.6) is 0 Å². The molecule has 0 aromatic carbocycles. The van der Waals surface area contributed by atoms with E-state index in [4.69, 9.17) is 5.11 Å². The number of pyridine rings is 1. The van der Waals surface area contributed by atoms with Crippen LogP contribution in [-0.4, -0.2) is 30.8 Å². The van der Waals surface area contributed by atoms with Crippen LogP contribution in [0.25, 0.3) is 5.82 Å². The number of nitrogens with zero attached hydrogens (tertiary/aromatic N) is 4. The van der Waals surface area contributed by atoms with Gasteiger partial charge in [0.25, 0.3) is 5.69 Å². The molecule has 2 aromatic heterocycles. The molecule has 2 aromatic rings. The van der Waals surface area contributed by atoms with Crippen LogP contribution in [-0.2, 0) is 0 Å². The SMILES string of the molecule is Cc1cnc(-n2ccc(C(=O)O)n2)cc1[N+](=O)[O-]. The van der Waals surface area contributed by atoms with Crippen LogP contribution in [0.15, 0.2) is 24.5 Å². The van der Waals surface area contributed by atoms with Gasteiger partial charge in [0.05, 0.1) is 11.0 Å². The van der Waals surface area contributed by atoms with Gasteiger partial charge in [-0.15, -0.1) is 0 Å². The van der Waals surface area contributed by atoms with Crippen LogP contribution in [0.3, 0.4) is 0 Å². The normalized spacial score (nSPS) is 10.3. The third-order valence-electron chi connectivity index (χ3n) is 2.30. The topological polar surface area (TPSA) is 111 Å². The van der Waals surface area contributed by atoms with Crippen molar-refractivity contribution in [1.29, 1.82) is 0 Å². The van der Waals surface area contributed by atoms with Crippen LogP contribution in [0.1, 0.15) is 16.1 Å². The number of aromatic nitrogens is 3. The van der Waals surface area contributed by atoms with Crippen molar-refractivity contribution in [3.05, 3.63) is 45.9 Å². The molecule has 8 heteroatoms. The molecule has 0 radical (unpaired) electrons. The highest BCUT2D eigenvalue weighted by molar-refractivity contribution is 5.85. The molecular formula is C10H8N4O4. The molecular weight excluding hydrogens is 240 g/mol. The Balaban J connectivity index is 2.47. The van der Waals surface area contributed by atoms with Crippen molar-refractivity contribution >= 4 is 11.7 Å². The molecule has 18 heavy (non-hydrogen) atoms. The fraction of sp³-hybridized carbons (Fsp3) is 0.100. The molecule has 0 saturated heterocycles. The number of rotatable bonds is 3. The summed E-state index contributed by atoms with van der Waals surface area (Å²) in [6.45, 7) is 1.57. The molecule has 8 nitrogen and oxygen atoms in total. The highest BCUT2D eigenvalue weighted by Crippen LogP contribution is 2.19. The Hall–Kier alpha value is -2.77. The van der Waals surface area contributed by atoms with Crippen molar-refractivity contribution < 1.29 is 14.8 Å². The van der Waals surface area contributed by atoms with Crippen molar-refractivity contribution in [3.63, 3.8) is 0 Å². The highest BCUT2D eigenvalue weighted by atomic mass is 16.6. The summed E-state index contributed by atoms with van der Waals surface area (Å²) in [6.07, 6.45) is 2.72. The minimum absolute atomic E-state index is 0.0904. The Morgan fingerprint density at radius 2 is 2.28 bits per heavy atom. The lowest BCUT2D eigenvalue weighted by Crippen LogP contribution is -2.04. The number of carboxylic acid groups (broad SMARTS) is 1. The second kappa shape index (κ2) is 4.24. The fourth-order valence-corrected chi connectivity index (χ4v) is 1.39. The molecule has 0 aliphatic carbocycles. The molecule has 0 fully saturated rings. The van der Waals surface area contributed by atoms with E-state index in [-0.39, 0.29) is 17.2 Å². The Bertz CT molecular complexity index is 635. The van der Waals surface area contributed by atoms with Gasteiger partial charge in [0, 0.05) is 18.0 Å². The van der Waals surface area contributed by atoms with E-state index in [1.54, 1.807) is 6.92 Å². The van der Waals surface area contributed by atoms with Gasteiger partial charge in [0.2, 0.25) is 0 Å². The summed E-state index contributed by atoms with van der Waals surface area (Å²) < 4.78 is 1.18. The zero-order valence-corrected chi connectivity index (χ0v) is 9.27. The number of carbonyl (C=O) groups is 1. The van der Waals surface area contributed by atoms with E-state index < -0.39 is 10.9 Å². The van der Waals surface area contributed by atoms with E-state index >= 15 is 0 Å². The summed E-state index contributed by atoms with van der Waals surface area (Å²) in [4.78, 5) is 24.9. The first-order valence-electron chi connectivity index (χ1n) is 4.89. The molecule has 0 bridgehead atoms. The summed E-state index contributed by atoms with van der Waals surface area (Å²) in [5, 5.41) is 23.2. The van der Waals surface area contributed by atoms with Gasteiger partial charge in [-0.05, 0) is 13.0 Å². The van der Waals surface area contributed by atoms with Crippen molar-refractivity contribution in [2.75, 3.05) is 0 Å². The lowest BCUT2D eigenvalue weighted by Gasteiger charge is -2.01. The highest BCUT2D eigenvalue weighted by Gasteiger charge is 2.14. The van der Waals surface area contributed by atoms with E-state index in [0.29, 0.717) is 5.56 Å². The quantitative estimate of drug-likeness (QED) is 0.644. The third kappa shape index (κ3) is 2.03. The lowest BCUT2D eigenvalue weighted by molar-refractivity contribution is -0.385. The molecule has 0 aliphatic heterocycles. The number of carboxylic acids is 1. The van der Waals surface area contributed by atoms with Gasteiger partial charge in [0.15, 0.2) is 11.5 Å². The maximum atomic E-state index is 10.8. The van der Waals surface area contributed by atoms with Crippen molar-refractivity contribution in [2.24, 2.45) is 0 Å². The van der Waals surface area contributed by atoms with Gasteiger partial charge in [0.1, 0.15) is 0 Å². The van der Waals surface area contributed by atoms with Crippen LogP contribution < -0.4 is 0 Å². The molecule has 0 atom stereocenters. The van der Waals surface area contributed by atoms with E-state index in [2.05, 4.69) is 10.1 Å². The van der Waals surface area contributed by atoms with Gasteiger partial charge in [-0.25, -0.2) is 14.5 Å². The predicted molar refractivity (Wildman–Crippen MR) is 59.7 cm³/mol. The second-order valence-corrected chi connectivity index (χ2v) is 3.54. The Labute approximate surface area is 101 Å². The molecule has 0 saturated carbocycles. The van der Waals surface area contributed by atoms with Gasteiger partial charge < -0.3 is 5.11 Å². The maximum Gasteiger partial charge on any atom is 0.356 e. The average Bonchev–Trinajstić information content (AvgIpc) is 2.78. The monoisotopic (exact) mass is 248 g/mol. The summed E-state index contributed by atoms with van der Waals surface area (Å²) in [6, 6.07) is 2.53. The smallest absolute Gasteiger partial charge is 0.356 e. The van der Waals surface area contributed by atoms with Crippen molar-refractivity contribution in [3.8, 4) is 5.82 Å². The summed E-state index contributed by atoms with van der Waals surface area (Å²) in [5.41, 5.74) is 0.182. The average molecular weight is 248 g/mol. The molecule has 2 heterocycles. The van der Waals surface area contributed by atoms with Crippen molar-refractivity contribution in [2.45, 2.75) is 6.92 Å². The van der Waals surface area contributed by atoms with E-state index in [1.165, 1.54) is 29.2 Å². The lowest BCUT2D eigenvalue weighted by atomic mass is 10.2. The number of aromatic carboxylic acids is 1.